The van der Waals surface area contributed by atoms with Crippen molar-refractivity contribution in [2.45, 2.75) is 44.3 Å². The standard InChI is InChI=1S/C23H27F2N5/c1-30(2)22-18-7-3-4-9-20(18)28-23(29-22)27-17-12-10-16(11-13-17)26-14-15-6-5-8-19(24)21(15)25/h3-9,16-17,26H,10-14H2,1-2H3,(H,27,28,29)/t16-,17+. The van der Waals surface area contributed by atoms with Crippen molar-refractivity contribution >= 4 is 22.7 Å². The molecular formula is C23H27F2N5. The van der Waals surface area contributed by atoms with Gasteiger partial charge in [0.05, 0.1) is 5.52 Å². The molecule has 0 amide bonds. The number of hydrogen-bond donors (Lipinski definition) is 2. The molecule has 2 aromatic carbocycles. The molecule has 1 aromatic heterocycles. The van der Waals surface area contributed by atoms with Crippen molar-refractivity contribution < 1.29 is 8.78 Å². The number of nitrogens with zero attached hydrogens (tertiary/aromatic N) is 3. The molecule has 0 saturated heterocycles. The van der Waals surface area contributed by atoms with E-state index in [9.17, 15) is 8.78 Å². The molecule has 1 fully saturated rings. The summed E-state index contributed by atoms with van der Waals surface area (Å²) in [4.78, 5) is 11.4. The Bertz CT molecular complexity index is 1020. The Hall–Kier alpha value is -2.80. The Balaban J connectivity index is 1.35. The maximum absolute atomic E-state index is 13.8. The second-order valence-corrected chi connectivity index (χ2v) is 8.07. The highest BCUT2D eigenvalue weighted by Gasteiger charge is 2.22. The van der Waals surface area contributed by atoms with Gasteiger partial charge in [-0.15, -0.1) is 0 Å². The van der Waals surface area contributed by atoms with Gasteiger partial charge in [-0.1, -0.05) is 24.3 Å². The minimum atomic E-state index is -0.797. The highest BCUT2D eigenvalue weighted by atomic mass is 19.2. The van der Waals surface area contributed by atoms with Gasteiger partial charge in [0.1, 0.15) is 5.82 Å². The number of aromatic nitrogens is 2. The zero-order valence-electron chi connectivity index (χ0n) is 17.3. The molecule has 30 heavy (non-hydrogen) atoms. The van der Waals surface area contributed by atoms with Crippen molar-refractivity contribution in [3.05, 3.63) is 59.7 Å². The van der Waals surface area contributed by atoms with Crippen molar-refractivity contribution in [1.82, 2.24) is 15.3 Å². The van der Waals surface area contributed by atoms with Crippen LogP contribution >= 0.6 is 0 Å². The van der Waals surface area contributed by atoms with E-state index in [0.29, 0.717) is 30.1 Å². The monoisotopic (exact) mass is 411 g/mol. The summed E-state index contributed by atoms with van der Waals surface area (Å²) in [6.07, 6.45) is 3.86. The SMILES string of the molecule is CN(C)c1nc(N[C@H]2CC[C@@H](NCc3cccc(F)c3F)CC2)nc2ccccc12. The van der Waals surface area contributed by atoms with Crippen LogP contribution in [-0.2, 0) is 6.54 Å². The van der Waals surface area contributed by atoms with Gasteiger partial charge in [-0.2, -0.15) is 4.98 Å². The Morgan fingerprint density at radius 1 is 0.933 bits per heavy atom. The second-order valence-electron chi connectivity index (χ2n) is 8.07. The fourth-order valence-corrected chi connectivity index (χ4v) is 4.03. The molecule has 1 heterocycles. The molecule has 1 aliphatic rings. The Kier molecular flexibility index (Phi) is 6.08. The number of para-hydroxylation sites is 1. The van der Waals surface area contributed by atoms with Crippen molar-refractivity contribution in [2.75, 3.05) is 24.3 Å². The van der Waals surface area contributed by atoms with Gasteiger partial charge >= 0.3 is 0 Å². The number of fused-ring (bicyclic) bond motifs is 1. The third-order valence-electron chi connectivity index (χ3n) is 5.68. The van der Waals surface area contributed by atoms with Gasteiger partial charge in [-0.05, 0) is 43.9 Å². The quantitative estimate of drug-likeness (QED) is 0.626. The van der Waals surface area contributed by atoms with Crippen molar-refractivity contribution in [1.29, 1.82) is 0 Å². The largest absolute Gasteiger partial charge is 0.362 e. The lowest BCUT2D eigenvalue weighted by Gasteiger charge is -2.30. The Labute approximate surface area is 175 Å². The molecule has 1 aliphatic carbocycles. The molecular weight excluding hydrogens is 384 g/mol. The van der Waals surface area contributed by atoms with Crippen molar-refractivity contribution in [3.8, 4) is 0 Å². The Morgan fingerprint density at radius 2 is 1.67 bits per heavy atom. The predicted octanol–water partition coefficient (Wildman–Crippen LogP) is 4.49. The third kappa shape index (κ3) is 4.51. The zero-order chi connectivity index (χ0) is 21.1. The molecule has 1 saturated carbocycles. The number of rotatable bonds is 6. The van der Waals surface area contributed by atoms with E-state index in [-0.39, 0.29) is 0 Å². The summed E-state index contributed by atoms with van der Waals surface area (Å²) in [6, 6.07) is 12.9. The summed E-state index contributed by atoms with van der Waals surface area (Å²) in [7, 11) is 3.97. The van der Waals surface area contributed by atoms with Crippen LogP contribution in [0.5, 0.6) is 0 Å². The summed E-state index contributed by atoms with van der Waals surface area (Å²) in [5.41, 5.74) is 1.29. The third-order valence-corrected chi connectivity index (χ3v) is 5.68. The lowest BCUT2D eigenvalue weighted by molar-refractivity contribution is 0.349. The molecule has 0 radical (unpaired) electrons. The first-order chi connectivity index (χ1) is 14.5. The molecule has 7 heteroatoms. The van der Waals surface area contributed by atoms with Gasteiger partial charge in [0, 0.05) is 43.7 Å². The molecule has 0 atom stereocenters. The van der Waals surface area contributed by atoms with Crippen molar-refractivity contribution in [2.24, 2.45) is 0 Å². The molecule has 0 unspecified atom stereocenters. The minimum Gasteiger partial charge on any atom is -0.362 e. The van der Waals surface area contributed by atoms with Gasteiger partial charge in [-0.3, -0.25) is 0 Å². The normalized spacial score (nSPS) is 19.1. The lowest BCUT2D eigenvalue weighted by atomic mass is 9.91. The first-order valence-corrected chi connectivity index (χ1v) is 10.4. The molecule has 0 aliphatic heterocycles. The number of anilines is 2. The molecule has 3 aromatic rings. The van der Waals surface area contributed by atoms with E-state index < -0.39 is 11.6 Å². The van der Waals surface area contributed by atoms with Gasteiger partial charge in [0.2, 0.25) is 5.95 Å². The number of halogens is 2. The maximum atomic E-state index is 13.8. The number of nitrogens with one attached hydrogen (secondary N) is 2. The second kappa shape index (κ2) is 8.92. The van der Waals surface area contributed by atoms with Gasteiger partial charge in [0.15, 0.2) is 11.6 Å². The molecule has 158 valence electrons. The summed E-state index contributed by atoms with van der Waals surface area (Å²) in [6.45, 7) is 0.340. The van der Waals surface area contributed by atoms with Crippen LogP contribution in [0, 0.1) is 11.6 Å². The minimum absolute atomic E-state index is 0.292. The van der Waals surface area contributed by atoms with Crippen LogP contribution in [0.25, 0.3) is 10.9 Å². The highest BCUT2D eigenvalue weighted by Crippen LogP contribution is 2.26. The zero-order valence-corrected chi connectivity index (χ0v) is 17.3. The average molecular weight is 412 g/mol. The topological polar surface area (TPSA) is 53.1 Å². The summed E-state index contributed by atoms with van der Waals surface area (Å²) < 4.78 is 27.2. The molecule has 2 N–H and O–H groups in total. The van der Waals surface area contributed by atoms with Crippen LogP contribution in [0.4, 0.5) is 20.5 Å². The fourth-order valence-electron chi connectivity index (χ4n) is 4.03. The van der Waals surface area contributed by atoms with E-state index in [1.165, 1.54) is 0 Å². The van der Waals surface area contributed by atoms with Crippen LogP contribution in [0.15, 0.2) is 42.5 Å². The first kappa shape index (κ1) is 20.5. The van der Waals surface area contributed by atoms with Gasteiger partial charge < -0.3 is 15.5 Å². The van der Waals surface area contributed by atoms with E-state index in [4.69, 9.17) is 4.98 Å². The smallest absolute Gasteiger partial charge is 0.225 e. The van der Waals surface area contributed by atoms with Gasteiger partial charge in [-0.25, -0.2) is 13.8 Å². The van der Waals surface area contributed by atoms with E-state index >= 15 is 0 Å². The average Bonchev–Trinajstić information content (AvgIpc) is 2.75. The highest BCUT2D eigenvalue weighted by molar-refractivity contribution is 5.90. The maximum Gasteiger partial charge on any atom is 0.225 e. The molecule has 4 rings (SSSR count). The van der Waals surface area contributed by atoms with Crippen LogP contribution in [0.1, 0.15) is 31.2 Å². The summed E-state index contributed by atoms with van der Waals surface area (Å²) in [5.74, 6) is -0.00796. The summed E-state index contributed by atoms with van der Waals surface area (Å²) in [5, 5.41) is 7.89. The Morgan fingerprint density at radius 3 is 2.43 bits per heavy atom. The van der Waals surface area contributed by atoms with E-state index in [2.05, 4.69) is 15.6 Å². The molecule has 0 spiro atoms. The van der Waals surface area contributed by atoms with E-state index in [0.717, 1.165) is 48.5 Å². The summed E-state index contributed by atoms with van der Waals surface area (Å²) >= 11 is 0. The molecule has 0 bridgehead atoms. The van der Waals surface area contributed by atoms with Crippen LogP contribution < -0.4 is 15.5 Å². The van der Waals surface area contributed by atoms with Crippen LogP contribution in [0.2, 0.25) is 0 Å². The molecule has 5 nitrogen and oxygen atoms in total. The van der Waals surface area contributed by atoms with Crippen LogP contribution in [-0.4, -0.2) is 36.1 Å². The lowest BCUT2D eigenvalue weighted by Crippen LogP contribution is -2.37. The number of hydrogen-bond acceptors (Lipinski definition) is 5. The fraction of sp³-hybridized carbons (Fsp3) is 0.391. The van der Waals surface area contributed by atoms with Crippen LogP contribution in [0.3, 0.4) is 0 Å². The number of benzene rings is 2. The van der Waals surface area contributed by atoms with Gasteiger partial charge in [0.25, 0.3) is 0 Å². The van der Waals surface area contributed by atoms with E-state index in [1.54, 1.807) is 12.1 Å². The predicted molar refractivity (Wildman–Crippen MR) is 117 cm³/mol. The van der Waals surface area contributed by atoms with E-state index in [1.807, 2.05) is 43.3 Å². The first-order valence-electron chi connectivity index (χ1n) is 10.4. The van der Waals surface area contributed by atoms with Crippen molar-refractivity contribution in [3.63, 3.8) is 0 Å².